The number of nitrogens with one attached hydrogen (secondary N) is 1. The van der Waals surface area contributed by atoms with Gasteiger partial charge in [0.05, 0.1) is 5.02 Å². The summed E-state index contributed by atoms with van der Waals surface area (Å²) >= 11 is 5.80. The van der Waals surface area contributed by atoms with Gasteiger partial charge in [-0.25, -0.2) is 4.39 Å². The van der Waals surface area contributed by atoms with Crippen molar-refractivity contribution in [2.24, 2.45) is 0 Å². The highest BCUT2D eigenvalue weighted by atomic mass is 35.5. The first-order valence-electron chi connectivity index (χ1n) is 6.96. The Morgan fingerprint density at radius 2 is 1.86 bits per heavy atom. The summed E-state index contributed by atoms with van der Waals surface area (Å²) in [6.45, 7) is 4.82. The molecule has 2 aromatic rings. The number of hydrogen-bond donors (Lipinski definition) is 1. The van der Waals surface area contributed by atoms with Crippen LogP contribution in [0.2, 0.25) is 5.02 Å². The average Bonchev–Trinajstić information content (AvgIpc) is 2.48. The number of halogens is 2. The summed E-state index contributed by atoms with van der Waals surface area (Å²) in [6, 6.07) is 14.7. The Bertz CT molecular complexity index is 574. The van der Waals surface area contributed by atoms with Crippen molar-refractivity contribution in [2.75, 3.05) is 6.54 Å². The van der Waals surface area contributed by atoms with E-state index in [2.05, 4.69) is 19.2 Å². The molecule has 0 radical (unpaired) electrons. The maximum atomic E-state index is 13.2. The Morgan fingerprint density at radius 3 is 2.48 bits per heavy atom. The zero-order chi connectivity index (χ0) is 15.2. The Hall–Kier alpha value is -1.58. The van der Waals surface area contributed by atoms with Gasteiger partial charge >= 0.3 is 0 Å². The molecule has 1 N–H and O–H groups in total. The molecular formula is C17H19ClFNO. The van der Waals surface area contributed by atoms with Crippen LogP contribution in [0.4, 0.5) is 4.39 Å². The van der Waals surface area contributed by atoms with Crippen LogP contribution in [0.3, 0.4) is 0 Å². The molecule has 0 fully saturated rings. The van der Waals surface area contributed by atoms with Gasteiger partial charge < -0.3 is 10.1 Å². The van der Waals surface area contributed by atoms with Crippen LogP contribution in [0.15, 0.2) is 48.5 Å². The van der Waals surface area contributed by atoms with Crippen molar-refractivity contribution >= 4 is 11.6 Å². The van der Waals surface area contributed by atoms with E-state index >= 15 is 0 Å². The molecule has 4 heteroatoms. The van der Waals surface area contributed by atoms with Crippen molar-refractivity contribution in [3.05, 3.63) is 64.9 Å². The second-order valence-corrected chi connectivity index (χ2v) is 5.56. The molecule has 0 amide bonds. The lowest BCUT2D eigenvalue weighted by atomic mass is 10.1. The van der Waals surface area contributed by atoms with Crippen LogP contribution in [-0.4, -0.2) is 12.6 Å². The standard InChI is InChI=1S/C17H19ClFNO/c1-12(2)20-11-17(13-6-4-3-5-7-13)21-14-8-9-16(19)15(18)10-14/h3-10,12,17,20H,11H2,1-2H3. The summed E-state index contributed by atoms with van der Waals surface area (Å²) in [5, 5.41) is 3.42. The molecule has 0 spiro atoms. The van der Waals surface area contributed by atoms with Gasteiger partial charge in [0, 0.05) is 18.7 Å². The predicted octanol–water partition coefficient (Wildman–Crippen LogP) is 4.60. The van der Waals surface area contributed by atoms with Gasteiger partial charge in [0.25, 0.3) is 0 Å². The first kappa shape index (κ1) is 15.8. The molecule has 1 atom stereocenters. The fourth-order valence-corrected chi connectivity index (χ4v) is 2.12. The lowest BCUT2D eigenvalue weighted by Crippen LogP contribution is -2.30. The Labute approximate surface area is 129 Å². The second-order valence-electron chi connectivity index (χ2n) is 5.16. The molecule has 0 aromatic heterocycles. The predicted molar refractivity (Wildman–Crippen MR) is 84.4 cm³/mol. The SMILES string of the molecule is CC(C)NCC(Oc1ccc(F)c(Cl)c1)c1ccccc1. The molecule has 0 bridgehead atoms. The van der Waals surface area contributed by atoms with E-state index in [4.69, 9.17) is 16.3 Å². The zero-order valence-corrected chi connectivity index (χ0v) is 12.9. The fraction of sp³-hybridized carbons (Fsp3) is 0.294. The maximum absolute atomic E-state index is 13.2. The molecular weight excluding hydrogens is 289 g/mol. The van der Waals surface area contributed by atoms with Crippen molar-refractivity contribution in [3.8, 4) is 5.75 Å². The summed E-state index contributed by atoms with van der Waals surface area (Å²) in [5.41, 5.74) is 1.06. The third kappa shape index (κ3) is 4.73. The van der Waals surface area contributed by atoms with Gasteiger partial charge in [-0.2, -0.15) is 0 Å². The third-order valence-corrected chi connectivity index (χ3v) is 3.34. The van der Waals surface area contributed by atoms with Crippen molar-refractivity contribution in [3.63, 3.8) is 0 Å². The molecule has 2 rings (SSSR count). The van der Waals surface area contributed by atoms with E-state index in [1.54, 1.807) is 6.07 Å². The molecule has 1 unspecified atom stereocenters. The van der Waals surface area contributed by atoms with Crippen molar-refractivity contribution in [2.45, 2.75) is 26.0 Å². The molecule has 0 aliphatic rings. The maximum Gasteiger partial charge on any atom is 0.142 e. The number of ether oxygens (including phenoxy) is 1. The number of benzene rings is 2. The largest absolute Gasteiger partial charge is 0.484 e. The molecule has 112 valence electrons. The smallest absolute Gasteiger partial charge is 0.142 e. The van der Waals surface area contributed by atoms with Gasteiger partial charge in [-0.1, -0.05) is 55.8 Å². The monoisotopic (exact) mass is 307 g/mol. The highest BCUT2D eigenvalue weighted by molar-refractivity contribution is 6.30. The number of rotatable bonds is 6. The Kier molecular flexibility index (Phi) is 5.59. The summed E-state index contributed by atoms with van der Waals surface area (Å²) in [4.78, 5) is 0. The highest BCUT2D eigenvalue weighted by Crippen LogP contribution is 2.26. The summed E-state index contributed by atoms with van der Waals surface area (Å²) in [7, 11) is 0. The van der Waals surface area contributed by atoms with Crippen molar-refractivity contribution in [1.82, 2.24) is 5.32 Å². The Balaban J connectivity index is 2.17. The molecule has 0 saturated carbocycles. The van der Waals surface area contributed by atoms with Gasteiger partial charge in [0.2, 0.25) is 0 Å². The normalized spacial score (nSPS) is 12.4. The summed E-state index contributed by atoms with van der Waals surface area (Å²) < 4.78 is 19.2. The molecule has 21 heavy (non-hydrogen) atoms. The quantitative estimate of drug-likeness (QED) is 0.842. The van der Waals surface area contributed by atoms with Crippen LogP contribution < -0.4 is 10.1 Å². The van der Waals surface area contributed by atoms with Crippen LogP contribution >= 0.6 is 11.6 Å². The van der Waals surface area contributed by atoms with Crippen molar-refractivity contribution in [1.29, 1.82) is 0 Å². The molecule has 0 saturated heterocycles. The van der Waals surface area contributed by atoms with Crippen molar-refractivity contribution < 1.29 is 9.13 Å². The molecule has 0 heterocycles. The Morgan fingerprint density at radius 1 is 1.14 bits per heavy atom. The van der Waals surface area contributed by atoms with E-state index in [-0.39, 0.29) is 11.1 Å². The molecule has 2 aromatic carbocycles. The van der Waals surface area contributed by atoms with E-state index < -0.39 is 5.82 Å². The van der Waals surface area contributed by atoms with Crippen LogP contribution in [0.5, 0.6) is 5.75 Å². The first-order valence-corrected chi connectivity index (χ1v) is 7.34. The second kappa shape index (κ2) is 7.43. The topological polar surface area (TPSA) is 21.3 Å². The van der Waals surface area contributed by atoms with E-state index in [1.165, 1.54) is 12.1 Å². The number of hydrogen-bond acceptors (Lipinski definition) is 2. The minimum atomic E-state index is -0.444. The molecule has 0 aliphatic heterocycles. The minimum absolute atomic E-state index is 0.0659. The summed E-state index contributed by atoms with van der Waals surface area (Å²) in [6.07, 6.45) is -0.157. The molecule has 0 aliphatic carbocycles. The van der Waals surface area contributed by atoms with E-state index in [0.717, 1.165) is 5.56 Å². The summed E-state index contributed by atoms with van der Waals surface area (Å²) in [5.74, 6) is 0.112. The minimum Gasteiger partial charge on any atom is -0.484 e. The average molecular weight is 308 g/mol. The van der Waals surface area contributed by atoms with Gasteiger partial charge in [0.15, 0.2) is 0 Å². The fourth-order valence-electron chi connectivity index (χ4n) is 1.95. The van der Waals surface area contributed by atoms with E-state index in [1.807, 2.05) is 30.3 Å². The van der Waals surface area contributed by atoms with Gasteiger partial charge in [-0.05, 0) is 17.7 Å². The van der Waals surface area contributed by atoms with Gasteiger partial charge in [-0.3, -0.25) is 0 Å². The van der Waals surface area contributed by atoms with Gasteiger partial charge in [-0.15, -0.1) is 0 Å². The van der Waals surface area contributed by atoms with Crippen LogP contribution in [0.1, 0.15) is 25.5 Å². The van der Waals surface area contributed by atoms with E-state index in [9.17, 15) is 4.39 Å². The van der Waals surface area contributed by atoms with Crippen LogP contribution in [0.25, 0.3) is 0 Å². The van der Waals surface area contributed by atoms with Crippen LogP contribution in [0, 0.1) is 5.82 Å². The lowest BCUT2D eigenvalue weighted by Gasteiger charge is -2.21. The third-order valence-electron chi connectivity index (χ3n) is 3.05. The highest BCUT2D eigenvalue weighted by Gasteiger charge is 2.14. The van der Waals surface area contributed by atoms with E-state index in [0.29, 0.717) is 18.3 Å². The lowest BCUT2D eigenvalue weighted by molar-refractivity contribution is 0.198. The van der Waals surface area contributed by atoms with Crippen LogP contribution in [-0.2, 0) is 0 Å². The van der Waals surface area contributed by atoms with Gasteiger partial charge in [0.1, 0.15) is 17.7 Å². The first-order chi connectivity index (χ1) is 10.1. The molecule has 2 nitrogen and oxygen atoms in total. The zero-order valence-electron chi connectivity index (χ0n) is 12.1.